The lowest BCUT2D eigenvalue weighted by Gasteiger charge is -2.27. The van der Waals surface area contributed by atoms with Crippen molar-refractivity contribution in [2.24, 2.45) is 0 Å². The third kappa shape index (κ3) is 2.89. The zero-order chi connectivity index (χ0) is 16.5. The minimum Gasteiger partial charge on any atom is -0.494 e. The molecule has 0 radical (unpaired) electrons. The van der Waals surface area contributed by atoms with Crippen LogP contribution in [0.5, 0.6) is 5.75 Å². The zero-order valence-corrected chi connectivity index (χ0v) is 14.8. The van der Waals surface area contributed by atoms with Gasteiger partial charge in [-0.2, -0.15) is 9.61 Å². The molecule has 4 rings (SSSR count). The van der Waals surface area contributed by atoms with E-state index >= 15 is 0 Å². The minimum absolute atomic E-state index is 0.450. The monoisotopic (exact) mass is 343 g/mol. The van der Waals surface area contributed by atoms with E-state index in [1.54, 1.807) is 11.3 Å². The molecule has 1 aliphatic heterocycles. The topological polar surface area (TPSA) is 55.6 Å². The second-order valence-corrected chi connectivity index (χ2v) is 7.15. The van der Waals surface area contributed by atoms with E-state index in [0.29, 0.717) is 12.5 Å². The van der Waals surface area contributed by atoms with Gasteiger partial charge in [-0.05, 0) is 64.2 Å². The summed E-state index contributed by atoms with van der Waals surface area (Å²) in [5.41, 5.74) is 1.09. The number of nitrogens with zero attached hydrogens (tertiary/aromatic N) is 5. The highest BCUT2D eigenvalue weighted by molar-refractivity contribution is 7.19. The summed E-state index contributed by atoms with van der Waals surface area (Å²) in [7, 11) is 2.17. The van der Waals surface area contributed by atoms with E-state index in [4.69, 9.17) is 9.84 Å². The number of piperidine rings is 1. The Bertz CT molecular complexity index is 817. The van der Waals surface area contributed by atoms with Gasteiger partial charge in [0.1, 0.15) is 10.8 Å². The largest absolute Gasteiger partial charge is 0.494 e. The number of hydrogen-bond acceptors (Lipinski definition) is 6. The molecule has 1 fully saturated rings. The summed E-state index contributed by atoms with van der Waals surface area (Å²) in [6.45, 7) is 4.88. The number of likely N-dealkylation sites (tertiary alicyclic amines) is 1. The lowest BCUT2D eigenvalue weighted by Crippen LogP contribution is -2.30. The first-order chi connectivity index (χ1) is 11.7. The van der Waals surface area contributed by atoms with E-state index in [1.165, 1.54) is 0 Å². The summed E-state index contributed by atoms with van der Waals surface area (Å²) < 4.78 is 7.44. The van der Waals surface area contributed by atoms with Crippen molar-refractivity contribution < 1.29 is 4.74 Å². The molecule has 126 valence electrons. The number of benzene rings is 1. The molecule has 2 aromatic heterocycles. The van der Waals surface area contributed by atoms with Gasteiger partial charge in [-0.15, -0.1) is 10.2 Å². The van der Waals surface area contributed by atoms with Gasteiger partial charge in [0.2, 0.25) is 4.96 Å². The fourth-order valence-corrected chi connectivity index (χ4v) is 3.98. The molecule has 0 N–H and O–H groups in total. The van der Waals surface area contributed by atoms with Crippen molar-refractivity contribution in [3.8, 4) is 16.3 Å². The van der Waals surface area contributed by atoms with Gasteiger partial charge in [0.05, 0.1) is 6.61 Å². The minimum atomic E-state index is 0.450. The van der Waals surface area contributed by atoms with Gasteiger partial charge in [-0.25, -0.2) is 0 Å². The molecule has 0 bridgehead atoms. The Labute approximate surface area is 145 Å². The molecule has 0 unspecified atom stereocenters. The molecule has 3 aromatic rings. The second-order valence-electron chi connectivity index (χ2n) is 6.19. The summed E-state index contributed by atoms with van der Waals surface area (Å²) in [6.07, 6.45) is 2.24. The maximum atomic E-state index is 5.50. The third-order valence-electron chi connectivity index (χ3n) is 4.51. The molecule has 0 saturated carbocycles. The van der Waals surface area contributed by atoms with Crippen LogP contribution < -0.4 is 4.74 Å². The van der Waals surface area contributed by atoms with Crippen LogP contribution in [0.25, 0.3) is 15.5 Å². The highest BCUT2D eigenvalue weighted by Crippen LogP contribution is 2.31. The van der Waals surface area contributed by atoms with Crippen molar-refractivity contribution >= 4 is 16.3 Å². The predicted octanol–water partition coefficient (Wildman–Crippen LogP) is 3.06. The van der Waals surface area contributed by atoms with Gasteiger partial charge >= 0.3 is 0 Å². The lowest BCUT2D eigenvalue weighted by atomic mass is 9.96. The number of rotatable bonds is 4. The molecule has 1 aliphatic rings. The Kier molecular flexibility index (Phi) is 4.20. The molecule has 0 amide bonds. The van der Waals surface area contributed by atoms with Crippen LogP contribution in [0.1, 0.15) is 31.5 Å². The van der Waals surface area contributed by atoms with Crippen LogP contribution in [-0.2, 0) is 0 Å². The third-order valence-corrected chi connectivity index (χ3v) is 5.46. The van der Waals surface area contributed by atoms with Crippen LogP contribution >= 0.6 is 11.3 Å². The van der Waals surface area contributed by atoms with Crippen molar-refractivity contribution in [1.82, 2.24) is 24.7 Å². The number of fused-ring (bicyclic) bond motifs is 1. The first kappa shape index (κ1) is 15.5. The summed E-state index contributed by atoms with van der Waals surface area (Å²) >= 11 is 1.58. The summed E-state index contributed by atoms with van der Waals surface area (Å²) in [5.74, 6) is 2.34. The average molecular weight is 343 g/mol. The number of ether oxygens (including phenoxy) is 1. The molecule has 3 heterocycles. The van der Waals surface area contributed by atoms with Crippen LogP contribution in [0.3, 0.4) is 0 Å². The zero-order valence-electron chi connectivity index (χ0n) is 14.0. The molecular weight excluding hydrogens is 322 g/mol. The van der Waals surface area contributed by atoms with Crippen LogP contribution in [0, 0.1) is 0 Å². The van der Waals surface area contributed by atoms with E-state index < -0.39 is 0 Å². The highest BCUT2D eigenvalue weighted by Gasteiger charge is 2.24. The second kappa shape index (κ2) is 6.49. The van der Waals surface area contributed by atoms with Crippen LogP contribution in [0.4, 0.5) is 0 Å². The Morgan fingerprint density at radius 2 is 1.92 bits per heavy atom. The van der Waals surface area contributed by atoms with Crippen LogP contribution in [-0.4, -0.2) is 51.5 Å². The van der Waals surface area contributed by atoms with Crippen molar-refractivity contribution in [1.29, 1.82) is 0 Å². The fourth-order valence-electron chi connectivity index (χ4n) is 3.13. The SMILES string of the molecule is CCOc1ccc(-c2nn3c(C4CCN(C)CC4)nnc3s2)cc1. The first-order valence-electron chi connectivity index (χ1n) is 8.38. The standard InChI is InChI=1S/C17H21N5OS/c1-3-23-14-6-4-13(5-7-14)16-20-22-15(18-19-17(22)24-16)12-8-10-21(2)11-9-12/h4-7,12H,3,8-11H2,1-2H3. The van der Waals surface area contributed by atoms with Gasteiger partial charge in [-0.1, -0.05) is 11.3 Å². The van der Waals surface area contributed by atoms with E-state index in [9.17, 15) is 0 Å². The molecule has 24 heavy (non-hydrogen) atoms. The summed E-state index contributed by atoms with van der Waals surface area (Å²) in [4.78, 5) is 3.23. The average Bonchev–Trinajstić information content (AvgIpc) is 3.17. The Balaban J connectivity index is 1.62. The summed E-state index contributed by atoms with van der Waals surface area (Å²) in [5, 5.41) is 14.5. The van der Waals surface area contributed by atoms with Crippen molar-refractivity contribution in [2.75, 3.05) is 26.7 Å². The fraction of sp³-hybridized carbons (Fsp3) is 0.471. The molecule has 1 aromatic carbocycles. The smallest absolute Gasteiger partial charge is 0.234 e. The Morgan fingerprint density at radius 1 is 1.17 bits per heavy atom. The van der Waals surface area contributed by atoms with Gasteiger partial charge in [0.15, 0.2) is 5.82 Å². The predicted molar refractivity (Wildman–Crippen MR) is 94.7 cm³/mol. The Morgan fingerprint density at radius 3 is 2.62 bits per heavy atom. The van der Waals surface area contributed by atoms with Gasteiger partial charge < -0.3 is 9.64 Å². The first-order valence-corrected chi connectivity index (χ1v) is 9.20. The van der Waals surface area contributed by atoms with E-state index in [1.807, 2.05) is 35.7 Å². The van der Waals surface area contributed by atoms with Crippen molar-refractivity contribution in [2.45, 2.75) is 25.7 Å². The number of hydrogen-bond donors (Lipinski definition) is 0. The van der Waals surface area contributed by atoms with E-state index in [0.717, 1.165) is 53.0 Å². The van der Waals surface area contributed by atoms with Gasteiger partial charge in [-0.3, -0.25) is 0 Å². The number of aromatic nitrogens is 4. The molecule has 0 atom stereocenters. The molecule has 7 heteroatoms. The molecule has 0 aliphatic carbocycles. The lowest BCUT2D eigenvalue weighted by molar-refractivity contribution is 0.250. The maximum absolute atomic E-state index is 5.50. The molecule has 1 saturated heterocycles. The summed E-state index contributed by atoms with van der Waals surface area (Å²) in [6, 6.07) is 8.07. The van der Waals surface area contributed by atoms with Crippen molar-refractivity contribution in [3.63, 3.8) is 0 Å². The van der Waals surface area contributed by atoms with E-state index in [2.05, 4.69) is 22.1 Å². The highest BCUT2D eigenvalue weighted by atomic mass is 32.1. The van der Waals surface area contributed by atoms with Gasteiger partial charge in [0.25, 0.3) is 0 Å². The van der Waals surface area contributed by atoms with Crippen LogP contribution in [0.15, 0.2) is 24.3 Å². The molecule has 0 spiro atoms. The molecular formula is C17H21N5OS. The molecule has 6 nitrogen and oxygen atoms in total. The van der Waals surface area contributed by atoms with Gasteiger partial charge in [0, 0.05) is 11.5 Å². The quantitative estimate of drug-likeness (QED) is 0.729. The van der Waals surface area contributed by atoms with Crippen molar-refractivity contribution in [3.05, 3.63) is 30.1 Å². The van der Waals surface area contributed by atoms with E-state index in [-0.39, 0.29) is 0 Å². The van der Waals surface area contributed by atoms with Crippen LogP contribution in [0.2, 0.25) is 0 Å². The normalized spacial score (nSPS) is 16.8. The Hall–Kier alpha value is -1.99. The maximum Gasteiger partial charge on any atom is 0.234 e.